The van der Waals surface area contributed by atoms with Crippen molar-refractivity contribution in [2.24, 2.45) is 0 Å². The molecule has 23 heavy (non-hydrogen) atoms. The number of carbonyl (C=O) groups excluding carboxylic acids is 2. The first kappa shape index (κ1) is 17.4. The molecule has 0 saturated heterocycles. The van der Waals surface area contributed by atoms with Crippen molar-refractivity contribution in [1.82, 2.24) is 5.32 Å². The predicted molar refractivity (Wildman–Crippen MR) is 91.8 cm³/mol. The third kappa shape index (κ3) is 5.01. The first-order valence-electron chi connectivity index (χ1n) is 7.54. The van der Waals surface area contributed by atoms with Gasteiger partial charge < -0.3 is 10.4 Å². The van der Waals surface area contributed by atoms with Gasteiger partial charge >= 0.3 is 0 Å². The molecule has 1 amide bonds. The molecule has 0 aliphatic heterocycles. The quantitative estimate of drug-likeness (QED) is 0.766. The highest BCUT2D eigenvalue weighted by Crippen LogP contribution is 2.15. The highest BCUT2D eigenvalue weighted by Gasteiger charge is 2.12. The van der Waals surface area contributed by atoms with Gasteiger partial charge in [-0.05, 0) is 53.4 Å². The van der Waals surface area contributed by atoms with E-state index in [4.69, 9.17) is 0 Å². The summed E-state index contributed by atoms with van der Waals surface area (Å²) in [5.41, 5.74) is 3.64. The minimum atomic E-state index is -0.708. The topological polar surface area (TPSA) is 66.4 Å². The van der Waals surface area contributed by atoms with E-state index in [1.54, 1.807) is 6.07 Å². The number of hydrogen-bond acceptors (Lipinski definition) is 4. The van der Waals surface area contributed by atoms with Crippen molar-refractivity contribution in [3.8, 4) is 0 Å². The first-order valence-corrected chi connectivity index (χ1v) is 8.49. The average Bonchev–Trinajstić information content (AvgIpc) is 3.07. The van der Waals surface area contributed by atoms with Crippen LogP contribution in [-0.2, 0) is 4.79 Å². The Morgan fingerprint density at radius 3 is 2.61 bits per heavy atom. The molecule has 1 heterocycles. The molecular weight excluding hydrogens is 310 g/mol. The molecule has 2 rings (SSSR count). The zero-order valence-electron chi connectivity index (χ0n) is 13.3. The number of aliphatic hydroxyl groups excluding tert-OH is 1. The van der Waals surface area contributed by atoms with Crippen LogP contribution in [0, 0.1) is 13.8 Å². The van der Waals surface area contributed by atoms with Crippen LogP contribution in [0.25, 0.3) is 0 Å². The fourth-order valence-electron chi connectivity index (χ4n) is 2.17. The number of benzene rings is 1. The maximum atomic E-state index is 12.1. The second-order valence-electron chi connectivity index (χ2n) is 5.60. The van der Waals surface area contributed by atoms with Gasteiger partial charge in [0, 0.05) is 24.9 Å². The smallest absolute Gasteiger partial charge is 0.220 e. The lowest BCUT2D eigenvalue weighted by atomic mass is 10.0. The molecule has 0 aliphatic rings. The second-order valence-corrected chi connectivity index (χ2v) is 6.38. The Morgan fingerprint density at radius 2 is 1.96 bits per heavy atom. The van der Waals surface area contributed by atoms with Crippen molar-refractivity contribution in [2.45, 2.75) is 32.8 Å². The Morgan fingerprint density at radius 1 is 1.17 bits per heavy atom. The van der Waals surface area contributed by atoms with Crippen molar-refractivity contribution in [3.63, 3.8) is 0 Å². The van der Waals surface area contributed by atoms with Gasteiger partial charge in [0.15, 0.2) is 5.78 Å². The highest BCUT2D eigenvalue weighted by atomic mass is 32.1. The van der Waals surface area contributed by atoms with Crippen molar-refractivity contribution < 1.29 is 14.7 Å². The SMILES string of the molecule is Cc1ccc(C(=O)CCC(=O)NCC(O)c2ccsc2)cc1C. The third-order valence-corrected chi connectivity index (χ3v) is 4.53. The van der Waals surface area contributed by atoms with E-state index in [9.17, 15) is 14.7 Å². The number of aryl methyl sites for hydroxylation is 2. The van der Waals surface area contributed by atoms with E-state index in [2.05, 4.69) is 5.32 Å². The fourth-order valence-corrected chi connectivity index (χ4v) is 2.87. The summed E-state index contributed by atoms with van der Waals surface area (Å²) in [7, 11) is 0. The molecule has 1 aromatic carbocycles. The second kappa shape index (κ2) is 8.04. The monoisotopic (exact) mass is 331 g/mol. The molecule has 0 radical (unpaired) electrons. The number of amides is 1. The molecule has 0 fully saturated rings. The van der Waals surface area contributed by atoms with Crippen LogP contribution < -0.4 is 5.32 Å². The lowest BCUT2D eigenvalue weighted by Crippen LogP contribution is -2.28. The van der Waals surface area contributed by atoms with Crippen LogP contribution in [-0.4, -0.2) is 23.3 Å². The summed E-state index contributed by atoms with van der Waals surface area (Å²) in [6, 6.07) is 7.39. The van der Waals surface area contributed by atoms with Gasteiger partial charge in [-0.1, -0.05) is 12.1 Å². The molecule has 0 saturated carbocycles. The molecule has 5 heteroatoms. The number of carbonyl (C=O) groups is 2. The third-order valence-electron chi connectivity index (χ3n) is 3.83. The van der Waals surface area contributed by atoms with E-state index in [-0.39, 0.29) is 31.1 Å². The van der Waals surface area contributed by atoms with E-state index < -0.39 is 6.10 Å². The predicted octanol–water partition coefficient (Wildman–Crippen LogP) is 3.18. The van der Waals surface area contributed by atoms with E-state index in [0.717, 1.165) is 16.7 Å². The summed E-state index contributed by atoms with van der Waals surface area (Å²) in [5, 5.41) is 16.3. The van der Waals surface area contributed by atoms with Crippen molar-refractivity contribution in [1.29, 1.82) is 0 Å². The van der Waals surface area contributed by atoms with Crippen molar-refractivity contribution >= 4 is 23.0 Å². The van der Waals surface area contributed by atoms with Gasteiger partial charge in [0.05, 0.1) is 6.10 Å². The summed E-state index contributed by atoms with van der Waals surface area (Å²) >= 11 is 1.50. The number of hydrogen-bond donors (Lipinski definition) is 2. The largest absolute Gasteiger partial charge is 0.387 e. The van der Waals surface area contributed by atoms with Crippen LogP contribution in [0.15, 0.2) is 35.0 Å². The molecule has 2 N–H and O–H groups in total. The van der Waals surface area contributed by atoms with Gasteiger partial charge in [0.1, 0.15) is 0 Å². The lowest BCUT2D eigenvalue weighted by molar-refractivity contribution is -0.121. The Bertz CT molecular complexity index is 680. The lowest BCUT2D eigenvalue weighted by Gasteiger charge is -2.10. The Labute approximate surface area is 140 Å². The number of thiophene rings is 1. The molecule has 1 atom stereocenters. The van der Waals surface area contributed by atoms with E-state index in [1.807, 2.05) is 42.8 Å². The number of Topliss-reactive ketones (excluding diaryl/α,β-unsaturated/α-hetero) is 1. The highest BCUT2D eigenvalue weighted by molar-refractivity contribution is 7.07. The fraction of sp³-hybridized carbons (Fsp3) is 0.333. The Kier molecular flexibility index (Phi) is 6.07. The molecule has 1 unspecified atom stereocenters. The molecule has 1 aromatic heterocycles. The van der Waals surface area contributed by atoms with Crippen LogP contribution in [0.4, 0.5) is 0 Å². The maximum absolute atomic E-state index is 12.1. The number of nitrogens with one attached hydrogen (secondary N) is 1. The zero-order valence-corrected chi connectivity index (χ0v) is 14.2. The van der Waals surface area contributed by atoms with E-state index in [0.29, 0.717) is 5.56 Å². The van der Waals surface area contributed by atoms with Gasteiger partial charge in [0.2, 0.25) is 5.91 Å². The van der Waals surface area contributed by atoms with Gasteiger partial charge in [0.25, 0.3) is 0 Å². The molecule has 0 spiro atoms. The normalized spacial score (nSPS) is 12.0. The number of aliphatic hydroxyl groups is 1. The van der Waals surface area contributed by atoms with Gasteiger partial charge in [-0.3, -0.25) is 9.59 Å². The molecule has 0 bridgehead atoms. The molecule has 122 valence electrons. The van der Waals surface area contributed by atoms with Crippen molar-refractivity contribution in [3.05, 3.63) is 57.3 Å². The molecular formula is C18H21NO3S. The standard InChI is InChI=1S/C18H21NO3S/c1-12-3-4-14(9-13(12)2)16(20)5-6-18(22)19-10-17(21)15-7-8-23-11-15/h3-4,7-9,11,17,21H,5-6,10H2,1-2H3,(H,19,22). The summed E-state index contributed by atoms with van der Waals surface area (Å²) < 4.78 is 0. The summed E-state index contributed by atoms with van der Waals surface area (Å²) in [6.07, 6.45) is -0.411. The summed E-state index contributed by atoms with van der Waals surface area (Å²) in [5.74, 6) is -0.266. The summed E-state index contributed by atoms with van der Waals surface area (Å²) in [6.45, 7) is 4.12. The molecule has 2 aromatic rings. The molecule has 4 nitrogen and oxygen atoms in total. The minimum Gasteiger partial charge on any atom is -0.387 e. The van der Waals surface area contributed by atoms with Gasteiger partial charge in [-0.15, -0.1) is 0 Å². The Hall–Kier alpha value is -1.98. The van der Waals surface area contributed by atoms with Crippen LogP contribution in [0.5, 0.6) is 0 Å². The van der Waals surface area contributed by atoms with Gasteiger partial charge in [-0.2, -0.15) is 11.3 Å². The minimum absolute atomic E-state index is 0.0402. The van der Waals surface area contributed by atoms with Crippen molar-refractivity contribution in [2.75, 3.05) is 6.54 Å². The Balaban J connectivity index is 1.77. The summed E-state index contributed by atoms with van der Waals surface area (Å²) in [4.78, 5) is 23.9. The molecule has 0 aliphatic carbocycles. The van der Waals surface area contributed by atoms with E-state index >= 15 is 0 Å². The van der Waals surface area contributed by atoms with Crippen LogP contribution >= 0.6 is 11.3 Å². The zero-order chi connectivity index (χ0) is 16.8. The number of ketones is 1. The first-order chi connectivity index (χ1) is 11.0. The van der Waals surface area contributed by atoms with Gasteiger partial charge in [-0.25, -0.2) is 0 Å². The van der Waals surface area contributed by atoms with Crippen LogP contribution in [0.2, 0.25) is 0 Å². The number of rotatable bonds is 7. The average molecular weight is 331 g/mol. The maximum Gasteiger partial charge on any atom is 0.220 e. The van der Waals surface area contributed by atoms with Crippen LogP contribution in [0.3, 0.4) is 0 Å². The van der Waals surface area contributed by atoms with E-state index in [1.165, 1.54) is 11.3 Å². The van der Waals surface area contributed by atoms with Crippen LogP contribution in [0.1, 0.15) is 46.0 Å².